The van der Waals surface area contributed by atoms with E-state index in [9.17, 15) is 4.79 Å². The molecule has 2 aromatic rings. The molecule has 0 N–H and O–H groups in total. The Morgan fingerprint density at radius 2 is 2.35 bits per heavy atom. The summed E-state index contributed by atoms with van der Waals surface area (Å²) in [5.41, 5.74) is 1.43. The number of nitrogens with zero attached hydrogens (tertiary/aromatic N) is 2. The third-order valence-corrected chi connectivity index (χ3v) is 5.99. The molecule has 3 rings (SSSR count). The second kappa shape index (κ2) is 5.69. The van der Waals surface area contributed by atoms with Gasteiger partial charge in [0.2, 0.25) is 0 Å². The molecule has 0 spiro atoms. The van der Waals surface area contributed by atoms with Crippen molar-refractivity contribution in [3.63, 3.8) is 0 Å². The maximum atomic E-state index is 11.5. The summed E-state index contributed by atoms with van der Waals surface area (Å²) in [5, 5.41) is 2.22. The first-order valence-corrected chi connectivity index (χ1v) is 8.46. The number of aryl methyl sites for hydroxylation is 2. The fourth-order valence-electron chi connectivity index (χ4n) is 2.48. The number of esters is 1. The monoisotopic (exact) mass is 308 g/mol. The second-order valence-corrected chi connectivity index (χ2v) is 7.04. The Morgan fingerprint density at radius 3 is 3.15 bits per heavy atom. The molecule has 0 saturated carbocycles. The first-order valence-electron chi connectivity index (χ1n) is 6.66. The maximum Gasteiger partial charge on any atom is 0.309 e. The SMILES string of the molecule is COC(=O)C(C)CSc1ncnc2sc3c(c12)CCC3. The Bertz CT molecular complexity index is 654. The molecule has 1 unspecified atom stereocenters. The molecular weight excluding hydrogens is 292 g/mol. The molecule has 2 aromatic heterocycles. The van der Waals surface area contributed by atoms with Crippen LogP contribution in [0.5, 0.6) is 0 Å². The van der Waals surface area contributed by atoms with Crippen LogP contribution in [0.3, 0.4) is 0 Å². The molecule has 1 aliphatic carbocycles. The molecule has 0 saturated heterocycles. The number of hydrogen-bond acceptors (Lipinski definition) is 6. The van der Waals surface area contributed by atoms with Gasteiger partial charge in [0.05, 0.1) is 13.0 Å². The molecule has 20 heavy (non-hydrogen) atoms. The van der Waals surface area contributed by atoms with Gasteiger partial charge in [0.1, 0.15) is 16.2 Å². The molecule has 0 aromatic carbocycles. The normalized spacial score (nSPS) is 15.3. The number of methoxy groups -OCH3 is 1. The molecule has 0 aliphatic heterocycles. The van der Waals surface area contributed by atoms with Crippen LogP contribution in [-0.4, -0.2) is 28.8 Å². The third-order valence-electron chi connectivity index (χ3n) is 3.54. The standard InChI is InChI=1S/C14H16N2O2S2/c1-8(14(17)18-2)6-19-12-11-9-4-3-5-10(9)20-13(11)16-7-15-12/h7-8H,3-6H2,1-2H3. The van der Waals surface area contributed by atoms with E-state index in [1.165, 1.54) is 35.8 Å². The Labute approximate surface area is 126 Å². The van der Waals surface area contributed by atoms with Crippen LogP contribution in [0.25, 0.3) is 10.2 Å². The minimum atomic E-state index is -0.168. The molecular formula is C14H16N2O2S2. The number of thioether (sulfide) groups is 1. The summed E-state index contributed by atoms with van der Waals surface area (Å²) < 4.78 is 4.76. The summed E-state index contributed by atoms with van der Waals surface area (Å²) >= 11 is 3.42. The van der Waals surface area contributed by atoms with E-state index in [-0.39, 0.29) is 11.9 Å². The molecule has 1 aliphatic rings. The van der Waals surface area contributed by atoms with Crippen LogP contribution in [0.4, 0.5) is 0 Å². The molecule has 2 heterocycles. The van der Waals surface area contributed by atoms with Crippen molar-refractivity contribution in [2.75, 3.05) is 12.9 Å². The summed E-state index contributed by atoms with van der Waals surface area (Å²) in [7, 11) is 1.43. The molecule has 4 nitrogen and oxygen atoms in total. The zero-order chi connectivity index (χ0) is 14.1. The number of hydrogen-bond donors (Lipinski definition) is 0. The first-order chi connectivity index (χ1) is 9.70. The minimum absolute atomic E-state index is 0.123. The van der Waals surface area contributed by atoms with Gasteiger partial charge in [-0.2, -0.15) is 0 Å². The smallest absolute Gasteiger partial charge is 0.309 e. The topological polar surface area (TPSA) is 52.1 Å². The number of thiophene rings is 1. The molecule has 0 bridgehead atoms. The number of rotatable bonds is 4. The van der Waals surface area contributed by atoms with E-state index >= 15 is 0 Å². The van der Waals surface area contributed by atoms with Crippen LogP contribution in [0.1, 0.15) is 23.8 Å². The van der Waals surface area contributed by atoms with E-state index in [1.807, 2.05) is 6.92 Å². The first kappa shape index (κ1) is 13.8. The highest BCUT2D eigenvalue weighted by atomic mass is 32.2. The van der Waals surface area contributed by atoms with Gasteiger partial charge in [0, 0.05) is 16.0 Å². The zero-order valence-electron chi connectivity index (χ0n) is 11.5. The van der Waals surface area contributed by atoms with Crippen molar-refractivity contribution in [1.29, 1.82) is 0 Å². The van der Waals surface area contributed by atoms with E-state index in [0.29, 0.717) is 5.75 Å². The highest BCUT2D eigenvalue weighted by molar-refractivity contribution is 7.99. The minimum Gasteiger partial charge on any atom is -0.469 e. The predicted molar refractivity (Wildman–Crippen MR) is 81.3 cm³/mol. The molecule has 0 amide bonds. The number of carbonyl (C=O) groups excluding carboxylic acids is 1. The van der Waals surface area contributed by atoms with Gasteiger partial charge in [-0.15, -0.1) is 23.1 Å². The molecule has 106 valence electrons. The maximum absolute atomic E-state index is 11.5. The van der Waals surface area contributed by atoms with Crippen molar-refractivity contribution in [3.05, 3.63) is 16.8 Å². The van der Waals surface area contributed by atoms with E-state index in [4.69, 9.17) is 4.74 Å². The van der Waals surface area contributed by atoms with Crippen LogP contribution in [-0.2, 0) is 22.4 Å². The molecule has 6 heteroatoms. The van der Waals surface area contributed by atoms with Gasteiger partial charge in [-0.25, -0.2) is 9.97 Å². The highest BCUT2D eigenvalue weighted by Gasteiger charge is 2.22. The Balaban J connectivity index is 1.86. The van der Waals surface area contributed by atoms with Crippen LogP contribution < -0.4 is 0 Å². The Morgan fingerprint density at radius 1 is 1.50 bits per heavy atom. The van der Waals surface area contributed by atoms with E-state index in [0.717, 1.165) is 16.3 Å². The summed E-state index contributed by atoms with van der Waals surface area (Å²) in [6, 6.07) is 0. The average Bonchev–Trinajstić information content (AvgIpc) is 3.04. The second-order valence-electron chi connectivity index (χ2n) is 4.95. The fraction of sp³-hybridized carbons (Fsp3) is 0.500. The van der Waals surface area contributed by atoms with Crippen molar-refractivity contribution in [1.82, 2.24) is 9.97 Å². The van der Waals surface area contributed by atoms with Crippen LogP contribution >= 0.6 is 23.1 Å². The molecule has 0 radical (unpaired) electrons. The summed E-state index contributed by atoms with van der Waals surface area (Å²) in [4.78, 5) is 22.8. The number of fused-ring (bicyclic) bond motifs is 3. The van der Waals surface area contributed by atoms with Crippen molar-refractivity contribution in [2.45, 2.75) is 31.2 Å². The van der Waals surface area contributed by atoms with Gasteiger partial charge in [-0.1, -0.05) is 6.92 Å². The van der Waals surface area contributed by atoms with Crippen LogP contribution in [0.2, 0.25) is 0 Å². The molecule has 0 fully saturated rings. The van der Waals surface area contributed by atoms with Crippen LogP contribution in [0.15, 0.2) is 11.4 Å². The van der Waals surface area contributed by atoms with Crippen molar-refractivity contribution in [2.24, 2.45) is 5.92 Å². The lowest BCUT2D eigenvalue weighted by atomic mass is 10.2. The summed E-state index contributed by atoms with van der Waals surface area (Å²) in [6.45, 7) is 1.88. The van der Waals surface area contributed by atoms with Crippen molar-refractivity contribution in [3.8, 4) is 0 Å². The number of carbonyl (C=O) groups is 1. The largest absolute Gasteiger partial charge is 0.469 e. The van der Waals surface area contributed by atoms with Crippen molar-refractivity contribution < 1.29 is 9.53 Å². The average molecular weight is 308 g/mol. The quantitative estimate of drug-likeness (QED) is 0.493. The van der Waals surface area contributed by atoms with E-state index in [2.05, 4.69) is 9.97 Å². The number of ether oxygens (including phenoxy) is 1. The fourth-order valence-corrected chi connectivity index (χ4v) is 4.81. The zero-order valence-corrected chi connectivity index (χ0v) is 13.1. The summed E-state index contributed by atoms with van der Waals surface area (Å²) in [6.07, 6.45) is 5.15. The van der Waals surface area contributed by atoms with Gasteiger partial charge in [-0.05, 0) is 24.8 Å². The van der Waals surface area contributed by atoms with Crippen molar-refractivity contribution >= 4 is 39.3 Å². The summed E-state index contributed by atoms with van der Waals surface area (Å²) in [5.74, 6) is 0.392. The lowest BCUT2D eigenvalue weighted by Gasteiger charge is -2.08. The molecule has 1 atom stereocenters. The lowest BCUT2D eigenvalue weighted by molar-refractivity contribution is -0.143. The van der Waals surface area contributed by atoms with Gasteiger partial charge in [0.25, 0.3) is 0 Å². The van der Waals surface area contributed by atoms with Crippen LogP contribution in [0, 0.1) is 5.92 Å². The lowest BCUT2D eigenvalue weighted by Crippen LogP contribution is -2.14. The number of aromatic nitrogens is 2. The van der Waals surface area contributed by atoms with Gasteiger partial charge in [-0.3, -0.25) is 4.79 Å². The Kier molecular flexibility index (Phi) is 3.94. The van der Waals surface area contributed by atoms with E-state index in [1.54, 1.807) is 29.4 Å². The van der Waals surface area contributed by atoms with Gasteiger partial charge >= 0.3 is 5.97 Å². The predicted octanol–water partition coefficient (Wildman–Crippen LogP) is 3.08. The third kappa shape index (κ3) is 2.42. The van der Waals surface area contributed by atoms with Gasteiger partial charge in [0.15, 0.2) is 0 Å². The van der Waals surface area contributed by atoms with Gasteiger partial charge < -0.3 is 4.74 Å². The Hall–Kier alpha value is -1.14. The highest BCUT2D eigenvalue weighted by Crippen LogP contribution is 2.40. The van der Waals surface area contributed by atoms with E-state index < -0.39 is 0 Å².